The molecule has 2 saturated heterocycles. The topological polar surface area (TPSA) is 47.1 Å². The summed E-state index contributed by atoms with van der Waals surface area (Å²) in [5.41, 5.74) is 0. The first-order chi connectivity index (χ1) is 10.8. The van der Waals surface area contributed by atoms with Crippen LogP contribution in [0.4, 0.5) is 4.79 Å². The van der Waals surface area contributed by atoms with Gasteiger partial charge < -0.3 is 19.6 Å². The van der Waals surface area contributed by atoms with Gasteiger partial charge in [-0.2, -0.15) is 0 Å². The lowest BCUT2D eigenvalue weighted by molar-refractivity contribution is -0.139. The smallest absolute Gasteiger partial charge is 0.319 e. The van der Waals surface area contributed by atoms with Crippen LogP contribution in [0.5, 0.6) is 0 Å². The number of carbonyl (C=O) groups is 2. The van der Waals surface area contributed by atoms with Crippen molar-refractivity contribution in [3.05, 3.63) is 0 Å². The SMILES string of the molecule is C[C@@H]1CN(C)CC[C@@H]1N(C)C(=O)[C@@H]1CCCN(C(=O)N(C)C)C1. The number of carbonyl (C=O) groups excluding carboxylic acids is 2. The first-order valence-corrected chi connectivity index (χ1v) is 8.72. The van der Waals surface area contributed by atoms with Crippen LogP contribution in [-0.2, 0) is 4.79 Å². The molecule has 0 aromatic heterocycles. The maximum absolute atomic E-state index is 12.9. The predicted molar refractivity (Wildman–Crippen MR) is 91.2 cm³/mol. The lowest BCUT2D eigenvalue weighted by atomic mass is 9.90. The summed E-state index contributed by atoms with van der Waals surface area (Å²) >= 11 is 0. The Bertz CT molecular complexity index is 440. The van der Waals surface area contributed by atoms with Gasteiger partial charge in [-0.15, -0.1) is 0 Å². The van der Waals surface area contributed by atoms with E-state index in [9.17, 15) is 9.59 Å². The first-order valence-electron chi connectivity index (χ1n) is 8.72. The average molecular weight is 324 g/mol. The highest BCUT2D eigenvalue weighted by atomic mass is 16.2. The first kappa shape index (κ1) is 18.0. The molecule has 6 heteroatoms. The number of hydrogen-bond donors (Lipinski definition) is 0. The van der Waals surface area contributed by atoms with E-state index in [1.807, 2.05) is 16.8 Å². The Kier molecular flexibility index (Phi) is 5.89. The van der Waals surface area contributed by atoms with E-state index in [2.05, 4.69) is 18.9 Å². The third-order valence-corrected chi connectivity index (χ3v) is 5.33. The largest absolute Gasteiger partial charge is 0.342 e. The van der Waals surface area contributed by atoms with Crippen LogP contribution in [0.25, 0.3) is 0 Å². The Labute approximate surface area is 140 Å². The van der Waals surface area contributed by atoms with Crippen molar-refractivity contribution in [3.63, 3.8) is 0 Å². The van der Waals surface area contributed by atoms with E-state index in [0.717, 1.165) is 38.9 Å². The zero-order valence-electron chi connectivity index (χ0n) is 15.3. The summed E-state index contributed by atoms with van der Waals surface area (Å²) in [4.78, 5) is 32.8. The van der Waals surface area contributed by atoms with E-state index in [1.54, 1.807) is 19.0 Å². The monoisotopic (exact) mass is 324 g/mol. The van der Waals surface area contributed by atoms with Gasteiger partial charge in [-0.25, -0.2) is 4.79 Å². The minimum absolute atomic E-state index is 0.0119. The molecule has 3 atom stereocenters. The van der Waals surface area contributed by atoms with Gasteiger partial charge in [-0.05, 0) is 38.8 Å². The fraction of sp³-hybridized carbons (Fsp3) is 0.882. The second kappa shape index (κ2) is 7.51. The molecule has 0 N–H and O–H groups in total. The van der Waals surface area contributed by atoms with Crippen LogP contribution in [0.3, 0.4) is 0 Å². The van der Waals surface area contributed by atoms with Crippen LogP contribution in [0.1, 0.15) is 26.2 Å². The van der Waals surface area contributed by atoms with Gasteiger partial charge in [0.2, 0.25) is 5.91 Å². The number of nitrogens with zero attached hydrogens (tertiary/aromatic N) is 4. The van der Waals surface area contributed by atoms with Crippen LogP contribution >= 0.6 is 0 Å². The minimum Gasteiger partial charge on any atom is -0.342 e. The summed E-state index contributed by atoms with van der Waals surface area (Å²) in [5, 5.41) is 0. The van der Waals surface area contributed by atoms with E-state index in [-0.39, 0.29) is 17.9 Å². The molecule has 2 rings (SSSR count). The number of urea groups is 1. The van der Waals surface area contributed by atoms with E-state index < -0.39 is 0 Å². The van der Waals surface area contributed by atoms with Gasteiger partial charge in [-0.3, -0.25) is 4.79 Å². The normalized spacial score (nSPS) is 29.3. The highest BCUT2D eigenvalue weighted by molar-refractivity contribution is 5.81. The van der Waals surface area contributed by atoms with Crippen LogP contribution in [0.15, 0.2) is 0 Å². The van der Waals surface area contributed by atoms with Gasteiger partial charge >= 0.3 is 6.03 Å². The summed E-state index contributed by atoms with van der Waals surface area (Å²) < 4.78 is 0. The fourth-order valence-electron chi connectivity index (χ4n) is 4.00. The molecule has 6 nitrogen and oxygen atoms in total. The van der Waals surface area contributed by atoms with Crippen LogP contribution in [0, 0.1) is 11.8 Å². The number of likely N-dealkylation sites (tertiary alicyclic amines) is 2. The summed E-state index contributed by atoms with van der Waals surface area (Å²) in [5.74, 6) is 0.651. The van der Waals surface area contributed by atoms with E-state index in [1.165, 1.54) is 0 Å². The Morgan fingerprint density at radius 2 is 1.74 bits per heavy atom. The highest BCUT2D eigenvalue weighted by Gasteiger charge is 2.35. The van der Waals surface area contributed by atoms with Crippen LogP contribution in [0.2, 0.25) is 0 Å². The van der Waals surface area contributed by atoms with Crippen molar-refractivity contribution in [2.75, 3.05) is 54.4 Å². The highest BCUT2D eigenvalue weighted by Crippen LogP contribution is 2.25. The van der Waals surface area contributed by atoms with Crippen molar-refractivity contribution in [1.29, 1.82) is 0 Å². The molecule has 23 heavy (non-hydrogen) atoms. The molecule has 2 heterocycles. The van der Waals surface area contributed by atoms with E-state index in [4.69, 9.17) is 0 Å². The maximum atomic E-state index is 12.9. The molecule has 0 spiro atoms. The van der Waals surface area contributed by atoms with Crippen molar-refractivity contribution in [2.45, 2.75) is 32.2 Å². The lowest BCUT2D eigenvalue weighted by Crippen LogP contribution is -2.54. The average Bonchev–Trinajstić information content (AvgIpc) is 2.53. The molecule has 0 aromatic carbocycles. The molecule has 0 saturated carbocycles. The summed E-state index contributed by atoms with van der Waals surface area (Å²) in [6.07, 6.45) is 2.83. The van der Waals surface area contributed by atoms with Gasteiger partial charge in [0.05, 0.1) is 5.92 Å². The zero-order chi connectivity index (χ0) is 17.1. The summed E-state index contributed by atoms with van der Waals surface area (Å²) in [7, 11) is 7.61. The Morgan fingerprint density at radius 1 is 1.04 bits per heavy atom. The van der Waals surface area contributed by atoms with Gasteiger partial charge in [-0.1, -0.05) is 6.92 Å². The number of hydrogen-bond acceptors (Lipinski definition) is 3. The van der Waals surface area contributed by atoms with Crippen molar-refractivity contribution >= 4 is 11.9 Å². The zero-order valence-corrected chi connectivity index (χ0v) is 15.3. The molecule has 2 aliphatic rings. The molecule has 0 bridgehead atoms. The molecule has 0 aliphatic carbocycles. The molecule has 0 radical (unpaired) electrons. The fourth-order valence-corrected chi connectivity index (χ4v) is 4.00. The van der Waals surface area contributed by atoms with E-state index in [0.29, 0.717) is 18.5 Å². The quantitative estimate of drug-likeness (QED) is 0.766. The second-order valence-electron chi connectivity index (χ2n) is 7.51. The molecule has 0 aromatic rings. The Hall–Kier alpha value is -1.30. The molecular formula is C17H32N4O2. The van der Waals surface area contributed by atoms with Crippen LogP contribution < -0.4 is 0 Å². The molecule has 0 unspecified atom stereocenters. The second-order valence-corrected chi connectivity index (χ2v) is 7.51. The predicted octanol–water partition coefficient (Wildman–Crippen LogP) is 1.18. The maximum Gasteiger partial charge on any atom is 0.319 e. The van der Waals surface area contributed by atoms with Crippen molar-refractivity contribution in [3.8, 4) is 0 Å². The molecule has 3 amide bonds. The standard InChI is InChI=1S/C17H32N4O2/c1-13-11-19(4)10-8-15(13)20(5)16(22)14-7-6-9-21(12-14)17(23)18(2)3/h13-15H,6-12H2,1-5H3/t13-,14-,15+/m1/s1. The van der Waals surface area contributed by atoms with Gasteiger partial charge in [0, 0.05) is 46.8 Å². The number of rotatable bonds is 2. The van der Waals surface area contributed by atoms with Gasteiger partial charge in [0.15, 0.2) is 0 Å². The van der Waals surface area contributed by atoms with Crippen LogP contribution in [-0.4, -0.2) is 91.9 Å². The number of amides is 3. The molecule has 2 fully saturated rings. The van der Waals surface area contributed by atoms with Gasteiger partial charge in [0.25, 0.3) is 0 Å². The molecular weight excluding hydrogens is 292 g/mol. The summed E-state index contributed by atoms with van der Waals surface area (Å²) in [6.45, 7) is 5.63. The van der Waals surface area contributed by atoms with Gasteiger partial charge in [0.1, 0.15) is 0 Å². The van der Waals surface area contributed by atoms with Crippen molar-refractivity contribution in [2.24, 2.45) is 11.8 Å². The Balaban J connectivity index is 1.97. The third kappa shape index (κ3) is 4.16. The number of piperidine rings is 2. The molecule has 2 aliphatic heterocycles. The van der Waals surface area contributed by atoms with E-state index >= 15 is 0 Å². The lowest BCUT2D eigenvalue weighted by Gasteiger charge is -2.42. The van der Waals surface area contributed by atoms with Crippen molar-refractivity contribution in [1.82, 2.24) is 19.6 Å². The minimum atomic E-state index is -0.0514. The summed E-state index contributed by atoms with van der Waals surface area (Å²) in [6, 6.07) is 0.330. The third-order valence-electron chi connectivity index (χ3n) is 5.33. The Morgan fingerprint density at radius 3 is 2.35 bits per heavy atom. The van der Waals surface area contributed by atoms with Crippen molar-refractivity contribution < 1.29 is 9.59 Å². The molecule has 132 valence electrons.